The minimum Gasteiger partial charge on any atom is -0.461 e. The molecule has 0 radical (unpaired) electrons. The second-order valence-electron chi connectivity index (χ2n) is 6.24. The van der Waals surface area contributed by atoms with E-state index in [-0.39, 0.29) is 12.6 Å². The highest BCUT2D eigenvalue weighted by molar-refractivity contribution is 5.83. The smallest absolute Gasteiger partial charge is 0.302 e. The molecule has 1 aliphatic rings. The summed E-state index contributed by atoms with van der Waals surface area (Å²) in [5, 5.41) is 2.30. The van der Waals surface area contributed by atoms with E-state index in [1.807, 2.05) is 43.3 Å². The Morgan fingerprint density at radius 2 is 1.80 bits per heavy atom. The van der Waals surface area contributed by atoms with E-state index in [0.717, 1.165) is 16.5 Å². The van der Waals surface area contributed by atoms with Gasteiger partial charge in [-0.15, -0.1) is 0 Å². The number of hydrogen-bond acceptors (Lipinski definition) is 4. The van der Waals surface area contributed by atoms with E-state index >= 15 is 0 Å². The Bertz CT molecular complexity index is 963. The van der Waals surface area contributed by atoms with Crippen LogP contribution in [0.4, 0.5) is 0 Å². The van der Waals surface area contributed by atoms with Crippen LogP contribution < -0.4 is 9.47 Å². The second kappa shape index (κ2) is 5.81. The van der Waals surface area contributed by atoms with Crippen molar-refractivity contribution in [1.82, 2.24) is 0 Å². The van der Waals surface area contributed by atoms with Crippen molar-refractivity contribution in [1.29, 1.82) is 0 Å². The van der Waals surface area contributed by atoms with Gasteiger partial charge in [0.15, 0.2) is 11.5 Å². The van der Waals surface area contributed by atoms with Crippen molar-refractivity contribution in [3.8, 4) is 11.5 Å². The fourth-order valence-corrected chi connectivity index (χ4v) is 3.07. The summed E-state index contributed by atoms with van der Waals surface area (Å²) in [6, 6.07) is 19.9. The number of para-hydroxylation sites is 1. The lowest BCUT2D eigenvalue weighted by Crippen LogP contribution is -2.31. The van der Waals surface area contributed by atoms with Crippen molar-refractivity contribution in [2.45, 2.75) is 26.2 Å². The van der Waals surface area contributed by atoms with E-state index in [4.69, 9.17) is 14.2 Å². The average Bonchev–Trinajstić information content (AvgIpc) is 2.97. The molecule has 126 valence electrons. The number of benzene rings is 3. The minimum atomic E-state index is -0.918. The van der Waals surface area contributed by atoms with Crippen LogP contribution in [0.3, 0.4) is 0 Å². The van der Waals surface area contributed by atoms with Gasteiger partial charge in [0.05, 0.1) is 0 Å². The summed E-state index contributed by atoms with van der Waals surface area (Å²) in [6.45, 7) is 3.45. The zero-order valence-corrected chi connectivity index (χ0v) is 14.1. The molecule has 0 N–H and O–H groups in total. The number of ether oxygens (including phenoxy) is 3. The van der Waals surface area contributed by atoms with Crippen LogP contribution in [0.25, 0.3) is 10.8 Å². The van der Waals surface area contributed by atoms with Crippen molar-refractivity contribution < 1.29 is 19.0 Å². The predicted octanol–water partition coefficient (Wildman–Crippen LogP) is 4.55. The van der Waals surface area contributed by atoms with Crippen LogP contribution in [-0.2, 0) is 21.9 Å². The van der Waals surface area contributed by atoms with Gasteiger partial charge < -0.3 is 14.2 Å². The first kappa shape index (κ1) is 15.5. The highest BCUT2D eigenvalue weighted by Crippen LogP contribution is 2.46. The number of rotatable bonds is 3. The number of hydrogen-bond donors (Lipinski definition) is 0. The summed E-state index contributed by atoms with van der Waals surface area (Å²) < 4.78 is 17.4. The van der Waals surface area contributed by atoms with Crippen LogP contribution in [0.15, 0.2) is 60.7 Å². The lowest BCUT2D eigenvalue weighted by Gasteiger charge is -2.24. The van der Waals surface area contributed by atoms with Crippen LogP contribution >= 0.6 is 0 Å². The van der Waals surface area contributed by atoms with E-state index in [1.165, 1.54) is 12.3 Å². The first-order chi connectivity index (χ1) is 12.0. The van der Waals surface area contributed by atoms with Crippen LogP contribution in [0.2, 0.25) is 0 Å². The normalized spacial score (nSPS) is 18.3. The fourth-order valence-electron chi connectivity index (χ4n) is 3.07. The van der Waals surface area contributed by atoms with E-state index in [2.05, 4.69) is 24.3 Å². The predicted molar refractivity (Wildman–Crippen MR) is 94.5 cm³/mol. The summed E-state index contributed by atoms with van der Waals surface area (Å²) >= 11 is 0. The zero-order chi connectivity index (χ0) is 17.4. The number of esters is 1. The third-order valence-corrected chi connectivity index (χ3v) is 4.37. The molecule has 3 aromatic carbocycles. The average molecular weight is 334 g/mol. The lowest BCUT2D eigenvalue weighted by atomic mass is 10.0. The Morgan fingerprint density at radius 3 is 2.60 bits per heavy atom. The molecular formula is C21H18O4. The number of fused-ring (bicyclic) bond motifs is 2. The second-order valence-corrected chi connectivity index (χ2v) is 6.24. The Morgan fingerprint density at radius 1 is 1.00 bits per heavy atom. The van der Waals surface area contributed by atoms with Gasteiger partial charge in [-0.25, -0.2) is 0 Å². The Balaban J connectivity index is 1.69. The van der Waals surface area contributed by atoms with E-state index in [9.17, 15) is 4.79 Å². The SMILES string of the molecule is CC(=O)OCc1cccc2c1O[C@](C)(c1ccc3ccccc3c1)O2. The monoisotopic (exact) mass is 334 g/mol. The van der Waals surface area contributed by atoms with Gasteiger partial charge in [-0.3, -0.25) is 4.79 Å². The molecule has 0 bridgehead atoms. The summed E-state index contributed by atoms with van der Waals surface area (Å²) in [5.74, 6) is 0.0344. The molecule has 0 amide bonds. The Labute approximate surface area is 145 Å². The van der Waals surface area contributed by atoms with Crippen molar-refractivity contribution in [2.75, 3.05) is 0 Å². The van der Waals surface area contributed by atoms with Crippen LogP contribution in [0, 0.1) is 0 Å². The summed E-state index contributed by atoms with van der Waals surface area (Å²) in [4.78, 5) is 11.1. The van der Waals surface area contributed by atoms with Gasteiger partial charge in [0.2, 0.25) is 0 Å². The highest BCUT2D eigenvalue weighted by atomic mass is 16.7. The highest BCUT2D eigenvalue weighted by Gasteiger charge is 2.40. The molecule has 0 aromatic heterocycles. The Kier molecular flexibility index (Phi) is 3.61. The van der Waals surface area contributed by atoms with Gasteiger partial charge in [-0.1, -0.05) is 48.5 Å². The molecule has 0 saturated heterocycles. The first-order valence-electron chi connectivity index (χ1n) is 8.18. The Hall–Kier alpha value is -3.01. The van der Waals surface area contributed by atoms with Gasteiger partial charge in [0, 0.05) is 25.0 Å². The van der Waals surface area contributed by atoms with Gasteiger partial charge in [-0.2, -0.15) is 0 Å². The molecule has 0 saturated carbocycles. The quantitative estimate of drug-likeness (QED) is 0.659. The standard InChI is InChI=1S/C21H18O4/c1-14(22)23-13-17-8-5-9-19-20(17)25-21(2,24-19)18-11-10-15-6-3-4-7-16(15)12-18/h3-12H,13H2,1-2H3/t21-/m1/s1. The van der Waals surface area contributed by atoms with Crippen LogP contribution in [0.1, 0.15) is 25.0 Å². The summed E-state index contributed by atoms with van der Waals surface area (Å²) in [7, 11) is 0. The molecule has 0 aliphatic carbocycles. The van der Waals surface area contributed by atoms with Gasteiger partial charge >= 0.3 is 5.97 Å². The van der Waals surface area contributed by atoms with Crippen LogP contribution in [0.5, 0.6) is 11.5 Å². The van der Waals surface area contributed by atoms with Crippen molar-refractivity contribution >= 4 is 16.7 Å². The van der Waals surface area contributed by atoms with Crippen LogP contribution in [-0.4, -0.2) is 5.97 Å². The number of carbonyl (C=O) groups is 1. The first-order valence-corrected chi connectivity index (χ1v) is 8.18. The summed E-state index contributed by atoms with van der Waals surface area (Å²) in [6.07, 6.45) is 0. The zero-order valence-electron chi connectivity index (χ0n) is 14.1. The minimum absolute atomic E-state index is 0.162. The van der Waals surface area contributed by atoms with E-state index < -0.39 is 5.79 Å². The third-order valence-electron chi connectivity index (χ3n) is 4.37. The third kappa shape index (κ3) is 2.80. The molecular weight excluding hydrogens is 316 g/mol. The molecule has 4 nitrogen and oxygen atoms in total. The molecule has 0 fully saturated rings. The van der Waals surface area contributed by atoms with Crippen molar-refractivity contribution in [2.24, 2.45) is 0 Å². The maximum absolute atomic E-state index is 11.1. The molecule has 1 atom stereocenters. The molecule has 25 heavy (non-hydrogen) atoms. The molecule has 1 aliphatic heterocycles. The molecule has 4 rings (SSSR count). The fraction of sp³-hybridized carbons (Fsp3) is 0.190. The molecule has 3 aromatic rings. The summed E-state index contributed by atoms with van der Waals surface area (Å²) in [5.41, 5.74) is 1.72. The van der Waals surface area contributed by atoms with Gasteiger partial charge in [-0.05, 0) is 22.9 Å². The maximum Gasteiger partial charge on any atom is 0.302 e. The van der Waals surface area contributed by atoms with Gasteiger partial charge in [0.1, 0.15) is 6.61 Å². The van der Waals surface area contributed by atoms with Gasteiger partial charge in [0.25, 0.3) is 5.79 Å². The molecule has 4 heteroatoms. The lowest BCUT2D eigenvalue weighted by molar-refractivity contribution is -0.142. The van der Waals surface area contributed by atoms with E-state index in [1.54, 1.807) is 0 Å². The topological polar surface area (TPSA) is 44.8 Å². The largest absolute Gasteiger partial charge is 0.461 e. The van der Waals surface area contributed by atoms with Crippen molar-refractivity contribution in [3.63, 3.8) is 0 Å². The van der Waals surface area contributed by atoms with Crippen molar-refractivity contribution in [3.05, 3.63) is 71.8 Å². The maximum atomic E-state index is 11.1. The van der Waals surface area contributed by atoms with E-state index in [0.29, 0.717) is 11.5 Å². The molecule has 0 spiro atoms. The number of carbonyl (C=O) groups excluding carboxylic acids is 1. The molecule has 0 unspecified atom stereocenters. The molecule has 1 heterocycles.